The molecule has 1 radical (unpaired) electrons. The van der Waals surface area contributed by atoms with Gasteiger partial charge in [0.1, 0.15) is 16.8 Å². The Hall–Kier alpha value is -1.81. The number of hydrogen-bond donors (Lipinski definition) is 0. The predicted octanol–water partition coefficient (Wildman–Crippen LogP) is 4.18. The van der Waals surface area contributed by atoms with Gasteiger partial charge in [-0.05, 0) is 43.4 Å². The lowest BCUT2D eigenvalue weighted by Crippen LogP contribution is -1.98. The zero-order chi connectivity index (χ0) is 13.5. The van der Waals surface area contributed by atoms with E-state index in [1.165, 1.54) is 35.4 Å². The second kappa shape index (κ2) is 4.63. The van der Waals surface area contributed by atoms with Gasteiger partial charge < -0.3 is 0 Å². The number of benzene rings is 1. The lowest BCUT2D eigenvalue weighted by Gasteiger charge is -2.09. The molecule has 0 N–H and O–H groups in total. The first-order valence-corrected chi connectivity index (χ1v) is 7.59. The van der Waals surface area contributed by atoms with Crippen LogP contribution in [0.2, 0.25) is 0 Å². The summed E-state index contributed by atoms with van der Waals surface area (Å²) in [5, 5.41) is 1.06. The van der Waals surface area contributed by atoms with Crippen LogP contribution in [-0.2, 0) is 12.8 Å². The second-order valence-corrected chi connectivity index (χ2v) is 6.14. The molecule has 3 aromatic rings. The molecular formula is C16H12FN2S. The molecule has 2 nitrogen and oxygen atoms in total. The van der Waals surface area contributed by atoms with Crippen molar-refractivity contribution in [2.24, 2.45) is 0 Å². The van der Waals surface area contributed by atoms with E-state index in [0.29, 0.717) is 11.4 Å². The Morgan fingerprint density at radius 3 is 3.00 bits per heavy atom. The maximum atomic E-state index is 13.3. The standard InChI is InChI=1S/C16H12FN2S/c17-11-5-3-4-10(8-11)15-18-9-13-12-6-1-2-7-14(12)20-16(13)19-15/h3-5,8H,1-2,6-7H2. The summed E-state index contributed by atoms with van der Waals surface area (Å²) >= 11 is 1.74. The lowest BCUT2D eigenvalue weighted by atomic mass is 9.97. The van der Waals surface area contributed by atoms with E-state index >= 15 is 0 Å². The zero-order valence-electron chi connectivity index (χ0n) is 10.8. The lowest BCUT2D eigenvalue weighted by molar-refractivity contribution is 0.628. The molecule has 0 fully saturated rings. The fourth-order valence-corrected chi connectivity index (χ4v) is 3.94. The van der Waals surface area contributed by atoms with Gasteiger partial charge in [0.05, 0.1) is 0 Å². The molecule has 20 heavy (non-hydrogen) atoms. The third-order valence-corrected chi connectivity index (χ3v) is 4.90. The van der Waals surface area contributed by atoms with E-state index in [1.807, 2.05) is 6.07 Å². The average Bonchev–Trinajstić information content (AvgIpc) is 2.85. The van der Waals surface area contributed by atoms with Crippen molar-refractivity contribution >= 4 is 21.6 Å². The largest absolute Gasteiger partial charge is 0.226 e. The number of hydrogen-bond acceptors (Lipinski definition) is 3. The Labute approximate surface area is 120 Å². The van der Waals surface area contributed by atoms with Crippen molar-refractivity contribution < 1.29 is 4.39 Å². The Balaban J connectivity index is 1.87. The summed E-state index contributed by atoms with van der Waals surface area (Å²) in [4.78, 5) is 11.3. The summed E-state index contributed by atoms with van der Waals surface area (Å²) in [6.45, 7) is 0. The van der Waals surface area contributed by atoms with Crippen molar-refractivity contribution in [3.05, 3.63) is 46.7 Å². The Morgan fingerprint density at radius 2 is 2.10 bits per heavy atom. The molecule has 0 aliphatic heterocycles. The van der Waals surface area contributed by atoms with E-state index in [0.717, 1.165) is 23.1 Å². The highest BCUT2D eigenvalue weighted by atomic mass is 32.1. The summed E-state index contributed by atoms with van der Waals surface area (Å²) < 4.78 is 13.3. The van der Waals surface area contributed by atoms with Crippen LogP contribution in [0.15, 0.2) is 24.3 Å². The van der Waals surface area contributed by atoms with Crippen LogP contribution < -0.4 is 0 Å². The molecule has 99 valence electrons. The van der Waals surface area contributed by atoms with Gasteiger partial charge in [-0.3, -0.25) is 0 Å². The van der Waals surface area contributed by atoms with E-state index in [9.17, 15) is 4.39 Å². The van der Waals surface area contributed by atoms with Crippen molar-refractivity contribution in [2.45, 2.75) is 25.7 Å². The SMILES string of the molecule is Fc1cccc(-c2n[c]c3c4c(sc3n2)CCCC4)c1. The topological polar surface area (TPSA) is 25.8 Å². The number of thiophene rings is 1. The number of fused-ring (bicyclic) bond motifs is 3. The summed E-state index contributed by atoms with van der Waals surface area (Å²) in [6.07, 6.45) is 7.85. The Bertz CT molecular complexity index is 794. The van der Waals surface area contributed by atoms with Gasteiger partial charge in [-0.25, -0.2) is 14.4 Å². The molecule has 1 aliphatic carbocycles. The molecule has 0 saturated carbocycles. The van der Waals surface area contributed by atoms with Crippen molar-refractivity contribution in [3.63, 3.8) is 0 Å². The molecule has 0 unspecified atom stereocenters. The van der Waals surface area contributed by atoms with Gasteiger partial charge >= 0.3 is 0 Å². The first kappa shape index (κ1) is 12.0. The number of aryl methyl sites for hydroxylation is 2. The molecule has 4 rings (SSSR count). The van der Waals surface area contributed by atoms with Crippen LogP contribution in [0.4, 0.5) is 4.39 Å². The number of rotatable bonds is 1. The fourth-order valence-electron chi connectivity index (χ4n) is 2.73. The van der Waals surface area contributed by atoms with E-state index in [4.69, 9.17) is 0 Å². The van der Waals surface area contributed by atoms with Gasteiger partial charge in [0, 0.05) is 15.8 Å². The Kier molecular flexibility index (Phi) is 2.77. The molecule has 0 bridgehead atoms. The molecule has 0 spiro atoms. The molecule has 0 saturated heterocycles. The van der Waals surface area contributed by atoms with Gasteiger partial charge in [0.25, 0.3) is 0 Å². The number of halogens is 1. The summed E-state index contributed by atoms with van der Waals surface area (Å²) in [5.74, 6) is 0.285. The molecular weight excluding hydrogens is 271 g/mol. The van der Waals surface area contributed by atoms with Crippen LogP contribution in [0, 0.1) is 12.0 Å². The van der Waals surface area contributed by atoms with E-state index < -0.39 is 0 Å². The zero-order valence-corrected chi connectivity index (χ0v) is 11.6. The van der Waals surface area contributed by atoms with Crippen molar-refractivity contribution in [3.8, 4) is 11.4 Å². The number of aromatic nitrogens is 2. The Morgan fingerprint density at radius 1 is 1.20 bits per heavy atom. The molecule has 0 amide bonds. The van der Waals surface area contributed by atoms with Crippen LogP contribution in [-0.4, -0.2) is 9.97 Å². The van der Waals surface area contributed by atoms with Crippen LogP contribution in [0.5, 0.6) is 0 Å². The number of nitrogens with zero attached hydrogens (tertiary/aromatic N) is 2. The fraction of sp³-hybridized carbons (Fsp3) is 0.250. The van der Waals surface area contributed by atoms with Crippen LogP contribution in [0.3, 0.4) is 0 Å². The van der Waals surface area contributed by atoms with Crippen LogP contribution in [0.1, 0.15) is 23.3 Å². The highest BCUT2D eigenvalue weighted by Crippen LogP contribution is 2.35. The van der Waals surface area contributed by atoms with E-state index in [-0.39, 0.29) is 5.82 Å². The first-order valence-electron chi connectivity index (χ1n) is 6.77. The van der Waals surface area contributed by atoms with Gasteiger partial charge in [-0.15, -0.1) is 11.3 Å². The molecule has 1 aliphatic rings. The summed E-state index contributed by atoms with van der Waals surface area (Å²) in [7, 11) is 0. The van der Waals surface area contributed by atoms with Crippen LogP contribution >= 0.6 is 11.3 Å². The van der Waals surface area contributed by atoms with Crippen LogP contribution in [0.25, 0.3) is 21.6 Å². The second-order valence-electron chi connectivity index (χ2n) is 5.06. The van der Waals surface area contributed by atoms with Gasteiger partial charge in [0.2, 0.25) is 0 Å². The minimum absolute atomic E-state index is 0.267. The summed E-state index contributed by atoms with van der Waals surface area (Å²) in [5.41, 5.74) is 2.08. The predicted molar refractivity (Wildman–Crippen MR) is 78.3 cm³/mol. The third-order valence-electron chi connectivity index (χ3n) is 3.72. The highest BCUT2D eigenvalue weighted by molar-refractivity contribution is 7.18. The van der Waals surface area contributed by atoms with Gasteiger partial charge in [-0.1, -0.05) is 12.1 Å². The average molecular weight is 283 g/mol. The van der Waals surface area contributed by atoms with Crippen molar-refractivity contribution in [1.29, 1.82) is 0 Å². The molecule has 2 aromatic heterocycles. The third kappa shape index (κ3) is 1.91. The molecule has 4 heteroatoms. The van der Waals surface area contributed by atoms with Gasteiger partial charge in [-0.2, -0.15) is 0 Å². The van der Waals surface area contributed by atoms with E-state index in [2.05, 4.69) is 16.2 Å². The quantitative estimate of drug-likeness (QED) is 0.669. The minimum atomic E-state index is -0.267. The molecule has 2 heterocycles. The molecule has 0 atom stereocenters. The van der Waals surface area contributed by atoms with E-state index in [1.54, 1.807) is 17.4 Å². The van der Waals surface area contributed by atoms with Crippen molar-refractivity contribution in [2.75, 3.05) is 0 Å². The minimum Gasteiger partial charge on any atom is -0.226 e. The highest BCUT2D eigenvalue weighted by Gasteiger charge is 2.18. The smallest absolute Gasteiger partial charge is 0.161 e. The normalized spacial score (nSPS) is 14.4. The van der Waals surface area contributed by atoms with Gasteiger partial charge in [0.15, 0.2) is 5.82 Å². The monoisotopic (exact) mass is 283 g/mol. The summed E-state index contributed by atoms with van der Waals surface area (Å²) in [6, 6.07) is 6.39. The molecule has 1 aromatic carbocycles. The first-order chi connectivity index (χ1) is 9.81. The van der Waals surface area contributed by atoms with Crippen molar-refractivity contribution in [1.82, 2.24) is 9.97 Å². The maximum absolute atomic E-state index is 13.3. The maximum Gasteiger partial charge on any atom is 0.161 e.